The molecule has 230 valence electrons. The molecule has 0 aromatic heterocycles. The molecule has 1 heterocycles. The zero-order valence-corrected chi connectivity index (χ0v) is 26.3. The number of nitrogens with zero attached hydrogens (tertiary/aromatic N) is 3. The van der Waals surface area contributed by atoms with E-state index in [1.54, 1.807) is 49.2 Å². The van der Waals surface area contributed by atoms with Crippen LogP contribution in [0.4, 0.5) is 26.2 Å². The number of hydrogen-bond donors (Lipinski definition) is 2. The van der Waals surface area contributed by atoms with Crippen molar-refractivity contribution in [3.05, 3.63) is 65.5 Å². The number of fused-ring (bicyclic) bond motifs is 1. The molecule has 9 nitrogen and oxygen atoms in total. The molecule has 1 aliphatic heterocycles. The van der Waals surface area contributed by atoms with E-state index in [-0.39, 0.29) is 11.7 Å². The van der Waals surface area contributed by atoms with E-state index in [1.165, 1.54) is 12.1 Å². The highest BCUT2D eigenvalue weighted by Gasteiger charge is 2.38. The highest BCUT2D eigenvalue weighted by atomic mass is 19.1. The van der Waals surface area contributed by atoms with E-state index in [4.69, 9.17) is 9.47 Å². The Hall–Kier alpha value is -4.31. The number of carbonyl (C=O) groups excluding carboxylic acids is 2. The number of carbonyl (C=O) groups is 2. The lowest BCUT2D eigenvalue weighted by Gasteiger charge is -2.40. The van der Waals surface area contributed by atoms with E-state index in [0.29, 0.717) is 30.3 Å². The van der Waals surface area contributed by atoms with Gasteiger partial charge in [0, 0.05) is 50.1 Å². The maximum absolute atomic E-state index is 14.1. The lowest BCUT2D eigenvalue weighted by molar-refractivity contribution is -0.121. The van der Waals surface area contributed by atoms with Crippen LogP contribution in [0.2, 0.25) is 0 Å². The second-order valence-corrected chi connectivity index (χ2v) is 11.7. The molecule has 0 bridgehead atoms. The molecule has 1 aliphatic rings. The minimum atomic E-state index is -0.782. The second kappa shape index (κ2) is 12.9. The van der Waals surface area contributed by atoms with Crippen LogP contribution in [0.3, 0.4) is 0 Å². The maximum atomic E-state index is 14.1. The van der Waals surface area contributed by atoms with Crippen LogP contribution < -0.4 is 25.0 Å². The molecule has 4 rings (SSSR count). The molecule has 0 atom stereocenters. The number of methoxy groups -OCH3 is 1. The monoisotopic (exact) mass is 591 g/mol. The van der Waals surface area contributed by atoms with Gasteiger partial charge in [0.2, 0.25) is 0 Å². The number of nitrogens with one attached hydrogen (secondary N) is 2. The summed E-state index contributed by atoms with van der Waals surface area (Å²) in [5, 5.41) is 6.74. The fraction of sp³-hybridized carbons (Fsp3) is 0.394. The van der Waals surface area contributed by atoms with Crippen molar-refractivity contribution in [1.29, 1.82) is 0 Å². The van der Waals surface area contributed by atoms with Gasteiger partial charge >= 0.3 is 6.09 Å². The first-order valence-corrected chi connectivity index (χ1v) is 14.3. The summed E-state index contributed by atoms with van der Waals surface area (Å²) in [6.45, 7) is 7.34. The van der Waals surface area contributed by atoms with Gasteiger partial charge in [-0.05, 0) is 89.3 Å². The van der Waals surface area contributed by atoms with Crippen molar-refractivity contribution < 1.29 is 23.5 Å². The summed E-state index contributed by atoms with van der Waals surface area (Å²) in [6.07, 6.45) is 0.375. The molecule has 0 unspecified atom stereocenters. The van der Waals surface area contributed by atoms with Crippen molar-refractivity contribution in [2.24, 2.45) is 0 Å². The molecule has 2 N–H and O–H groups in total. The SMILES string of the molecule is COc1cc(OC(=O)N(C)CCCN(C)C)ccc1-c1ccc2c(c1CNc1cc(F)ccc1C)N(C)C(=O)C(C)(C)N2. The smallest absolute Gasteiger partial charge is 0.414 e. The fourth-order valence-corrected chi connectivity index (χ4v) is 5.28. The Morgan fingerprint density at radius 3 is 2.47 bits per heavy atom. The number of amides is 2. The Kier molecular flexibility index (Phi) is 9.49. The van der Waals surface area contributed by atoms with Gasteiger partial charge in [-0.3, -0.25) is 4.79 Å². The summed E-state index contributed by atoms with van der Waals surface area (Å²) in [4.78, 5) is 31.3. The molecule has 43 heavy (non-hydrogen) atoms. The predicted molar refractivity (Wildman–Crippen MR) is 170 cm³/mol. The summed E-state index contributed by atoms with van der Waals surface area (Å²) < 4.78 is 25.5. The number of hydrogen-bond acceptors (Lipinski definition) is 7. The maximum Gasteiger partial charge on any atom is 0.414 e. The molecule has 2 amide bonds. The Morgan fingerprint density at radius 2 is 1.77 bits per heavy atom. The molecule has 0 saturated heterocycles. The van der Waals surface area contributed by atoms with Crippen LogP contribution in [-0.2, 0) is 11.3 Å². The zero-order chi connectivity index (χ0) is 31.5. The van der Waals surface area contributed by atoms with Gasteiger partial charge in [0.15, 0.2) is 0 Å². The van der Waals surface area contributed by atoms with Crippen molar-refractivity contribution in [1.82, 2.24) is 9.80 Å². The van der Waals surface area contributed by atoms with Gasteiger partial charge in [-0.25, -0.2) is 9.18 Å². The molecule has 0 aliphatic carbocycles. The molecule has 0 spiro atoms. The average Bonchev–Trinajstić information content (AvgIpc) is 2.95. The molecular formula is C33H42FN5O4. The Morgan fingerprint density at radius 1 is 1.05 bits per heavy atom. The van der Waals surface area contributed by atoms with E-state index < -0.39 is 11.6 Å². The topological polar surface area (TPSA) is 86.4 Å². The molecule has 3 aromatic carbocycles. The summed E-state index contributed by atoms with van der Waals surface area (Å²) in [5.74, 6) is 0.439. The predicted octanol–water partition coefficient (Wildman–Crippen LogP) is 5.97. The van der Waals surface area contributed by atoms with Crippen molar-refractivity contribution >= 4 is 29.1 Å². The third-order valence-corrected chi connectivity index (χ3v) is 7.64. The first-order valence-electron chi connectivity index (χ1n) is 14.3. The lowest BCUT2D eigenvalue weighted by atomic mass is 9.91. The van der Waals surface area contributed by atoms with Gasteiger partial charge in [-0.15, -0.1) is 0 Å². The Balaban J connectivity index is 1.71. The second-order valence-electron chi connectivity index (χ2n) is 11.7. The molecular weight excluding hydrogens is 549 g/mol. The highest BCUT2D eigenvalue weighted by Crippen LogP contribution is 2.45. The number of anilines is 3. The van der Waals surface area contributed by atoms with Gasteiger partial charge in [0.1, 0.15) is 22.9 Å². The van der Waals surface area contributed by atoms with Gasteiger partial charge in [-0.1, -0.05) is 12.1 Å². The van der Waals surface area contributed by atoms with Crippen molar-refractivity contribution in [2.75, 3.05) is 63.9 Å². The van der Waals surface area contributed by atoms with Crippen molar-refractivity contribution in [2.45, 2.75) is 39.3 Å². The number of benzene rings is 3. The average molecular weight is 592 g/mol. The molecule has 0 saturated carbocycles. The van der Waals surface area contributed by atoms with Crippen LogP contribution in [0.15, 0.2) is 48.5 Å². The van der Waals surface area contributed by atoms with Crippen molar-refractivity contribution in [3.63, 3.8) is 0 Å². The number of aryl methyl sites for hydroxylation is 1. The van der Waals surface area contributed by atoms with E-state index in [1.807, 2.05) is 53.1 Å². The molecule has 10 heteroatoms. The third-order valence-electron chi connectivity index (χ3n) is 7.64. The first-order chi connectivity index (χ1) is 20.3. The molecule has 0 fully saturated rings. The minimum Gasteiger partial charge on any atom is -0.496 e. The summed E-state index contributed by atoms with van der Waals surface area (Å²) in [7, 11) is 9.02. The highest BCUT2D eigenvalue weighted by molar-refractivity contribution is 6.09. The van der Waals surface area contributed by atoms with Gasteiger partial charge < -0.3 is 34.8 Å². The number of likely N-dealkylation sites (N-methyl/N-ethyl adjacent to an activating group) is 1. The van der Waals surface area contributed by atoms with E-state index in [2.05, 4.69) is 15.5 Å². The number of rotatable bonds is 10. The summed E-state index contributed by atoms with van der Waals surface area (Å²) >= 11 is 0. The van der Waals surface area contributed by atoms with Gasteiger partial charge in [0.25, 0.3) is 5.91 Å². The van der Waals surface area contributed by atoms with Crippen LogP contribution >= 0.6 is 0 Å². The largest absolute Gasteiger partial charge is 0.496 e. The van der Waals surface area contributed by atoms with E-state index >= 15 is 0 Å². The van der Waals surface area contributed by atoms with Crippen LogP contribution in [0.25, 0.3) is 11.1 Å². The first kappa shape index (κ1) is 31.6. The molecule has 0 radical (unpaired) electrons. The zero-order valence-electron chi connectivity index (χ0n) is 26.3. The van der Waals surface area contributed by atoms with Crippen LogP contribution in [0, 0.1) is 12.7 Å². The summed E-state index contributed by atoms with van der Waals surface area (Å²) in [5.41, 5.74) is 4.70. The third kappa shape index (κ3) is 7.02. The minimum absolute atomic E-state index is 0.0794. The van der Waals surface area contributed by atoms with Gasteiger partial charge in [-0.2, -0.15) is 0 Å². The molecule has 3 aromatic rings. The summed E-state index contributed by atoms with van der Waals surface area (Å²) in [6, 6.07) is 13.8. The van der Waals surface area contributed by atoms with E-state index in [0.717, 1.165) is 46.6 Å². The van der Waals surface area contributed by atoms with Crippen LogP contribution in [0.5, 0.6) is 11.5 Å². The van der Waals surface area contributed by atoms with Crippen molar-refractivity contribution in [3.8, 4) is 22.6 Å². The Bertz CT molecular complexity index is 1510. The van der Waals surface area contributed by atoms with Crippen LogP contribution in [0.1, 0.15) is 31.4 Å². The normalized spacial score (nSPS) is 13.8. The van der Waals surface area contributed by atoms with Gasteiger partial charge in [0.05, 0.1) is 18.5 Å². The Labute approximate surface area is 253 Å². The number of halogens is 1. The fourth-order valence-electron chi connectivity index (χ4n) is 5.28. The van der Waals surface area contributed by atoms with Crippen LogP contribution in [-0.4, -0.2) is 75.7 Å². The van der Waals surface area contributed by atoms with E-state index in [9.17, 15) is 14.0 Å². The standard InChI is InChI=1S/C33H42FN5O4/c1-21-10-11-22(34)18-28(21)35-20-26-24(14-15-27-30(26)39(7)31(40)33(2,3)36-27)25-13-12-23(19-29(25)42-8)43-32(41)38(6)17-9-16-37(4)5/h10-15,18-19,35-36H,9,16-17,20H2,1-8H3. The quantitative estimate of drug-likeness (QED) is 0.300. The number of ether oxygens (including phenoxy) is 2. The lowest BCUT2D eigenvalue weighted by Crippen LogP contribution is -2.52.